The van der Waals surface area contributed by atoms with E-state index in [0.717, 1.165) is 17.9 Å². The van der Waals surface area contributed by atoms with Crippen molar-refractivity contribution in [3.05, 3.63) is 156 Å². The molecule has 0 saturated heterocycles. The molecule has 0 bridgehead atoms. The van der Waals surface area contributed by atoms with Gasteiger partial charge in [0.05, 0.1) is 0 Å². The van der Waals surface area contributed by atoms with E-state index in [9.17, 15) is 0 Å². The van der Waals surface area contributed by atoms with Gasteiger partial charge in [-0.25, -0.2) is 0 Å². The number of benzene rings is 5. The molecule has 0 radical (unpaired) electrons. The molecule has 0 N–H and O–H groups in total. The summed E-state index contributed by atoms with van der Waals surface area (Å²) in [6.45, 7) is 19.0. The Morgan fingerprint density at radius 2 is 1.41 bits per heavy atom. The number of halogens is 3. The van der Waals surface area contributed by atoms with Crippen LogP contribution < -0.4 is 28.1 Å². The second-order valence-electron chi connectivity index (χ2n) is 15.6. The van der Waals surface area contributed by atoms with Crippen molar-refractivity contribution in [2.24, 2.45) is 0 Å². The zero-order valence-corrected chi connectivity index (χ0v) is 34.6. The second kappa shape index (κ2) is 14.2. The Hall–Kier alpha value is -2.54. The molecule has 0 aromatic heterocycles. The first-order valence-electron chi connectivity index (χ1n) is 17.0. The average molecular weight is 783 g/mol. The molecule has 7 rings (SSSR count). The van der Waals surface area contributed by atoms with Crippen LogP contribution in [0, 0.1) is 13.8 Å². The largest absolute Gasteiger partial charge is 1.00 e. The standard InChI is InChI=1S/C23H29.C17H11Cl.C5H5.2ClH.Zr/c1-14-9-16-11-17-10-15(2)21(23(6,7)8)13-19(17)18(16)12-20(14)22(3,4)5;18-16-9-3-5-13(12-16)11-15-8-4-7-14-6-1-2-10-17(14)15;1-2-4-5-3-1;;;/h9,12-13H,11H2,1-8H3;1-10,12H;1-3H,4H2;2*1H;/q;;;;;+2/p-2. The van der Waals surface area contributed by atoms with Crippen molar-refractivity contribution in [3.63, 3.8) is 0 Å². The smallest absolute Gasteiger partial charge is 1.00 e. The van der Waals surface area contributed by atoms with Crippen LogP contribution in [0.3, 0.4) is 0 Å². The summed E-state index contributed by atoms with van der Waals surface area (Å²) in [6, 6.07) is 32.1. The molecule has 5 aromatic carbocycles. The Labute approximate surface area is 318 Å². The molecule has 0 aliphatic heterocycles. The molecule has 0 fully saturated rings. The monoisotopic (exact) mass is 780 g/mol. The fourth-order valence-electron chi connectivity index (χ4n) is 8.14. The van der Waals surface area contributed by atoms with Crippen LogP contribution in [0.4, 0.5) is 0 Å². The maximum absolute atomic E-state index is 6.82. The van der Waals surface area contributed by atoms with Crippen molar-refractivity contribution >= 4 is 28.9 Å². The van der Waals surface area contributed by atoms with Gasteiger partial charge in [0.1, 0.15) is 0 Å². The SMILES string of the molecule is Cc1cc2c(cc1C(C)(C)C)-c1cc(C(C)(C)C)c(C)[c](/[Zr+2]([C]3=CC=CC3)=[C](\c3cccc(Cl)c3)c3cccc4ccccc34)c1C2.[Cl-].[Cl-]. The van der Waals surface area contributed by atoms with E-state index in [0.29, 0.717) is 0 Å². The minimum atomic E-state index is -2.94. The van der Waals surface area contributed by atoms with E-state index in [1.54, 1.807) is 12.1 Å². The van der Waals surface area contributed by atoms with Crippen LogP contribution >= 0.6 is 11.6 Å². The maximum Gasteiger partial charge on any atom is -1.00 e. The van der Waals surface area contributed by atoms with Gasteiger partial charge in [0, 0.05) is 0 Å². The summed E-state index contributed by atoms with van der Waals surface area (Å²) in [5.74, 6) is 0. The number of allylic oxidation sites excluding steroid dienone is 4. The van der Waals surface area contributed by atoms with Gasteiger partial charge >= 0.3 is 296 Å². The van der Waals surface area contributed by atoms with Crippen LogP contribution in [0.1, 0.15) is 92.5 Å². The fraction of sp³-hybridized carbons (Fsp3) is 0.267. The zero-order chi connectivity index (χ0) is 33.2. The van der Waals surface area contributed by atoms with Crippen molar-refractivity contribution in [1.82, 2.24) is 0 Å². The van der Waals surface area contributed by atoms with Gasteiger partial charge in [-0.05, 0) is 0 Å². The molecule has 49 heavy (non-hydrogen) atoms. The predicted molar refractivity (Wildman–Crippen MR) is 202 cm³/mol. The maximum atomic E-state index is 6.82. The molecule has 250 valence electrons. The van der Waals surface area contributed by atoms with Crippen LogP contribution in [0.15, 0.2) is 106 Å². The summed E-state index contributed by atoms with van der Waals surface area (Å²) in [4.78, 5) is 0. The van der Waals surface area contributed by atoms with Crippen LogP contribution in [0.2, 0.25) is 5.02 Å². The number of rotatable bonds is 4. The molecule has 0 heterocycles. The van der Waals surface area contributed by atoms with Crippen molar-refractivity contribution in [2.75, 3.05) is 0 Å². The summed E-state index contributed by atoms with van der Waals surface area (Å²) in [7, 11) is 0. The third-order valence-corrected chi connectivity index (χ3v) is 18.4. The molecular weight excluding hydrogens is 738 g/mol. The Kier molecular flexibility index (Phi) is 11.0. The van der Waals surface area contributed by atoms with Gasteiger partial charge < -0.3 is 24.8 Å². The van der Waals surface area contributed by atoms with Gasteiger partial charge in [-0.1, -0.05) is 0 Å². The van der Waals surface area contributed by atoms with Gasteiger partial charge in [0.15, 0.2) is 0 Å². The zero-order valence-electron chi connectivity index (χ0n) is 29.9. The summed E-state index contributed by atoms with van der Waals surface area (Å²) in [5.41, 5.74) is 14.5. The summed E-state index contributed by atoms with van der Waals surface area (Å²) in [6.07, 6.45) is 9.15. The Balaban J connectivity index is 0.00000234. The quantitative estimate of drug-likeness (QED) is 0.218. The second-order valence-corrected chi connectivity index (χ2v) is 21.9. The molecule has 5 aromatic rings. The normalized spacial score (nSPS) is 13.7. The molecule has 2 aliphatic rings. The number of hydrogen-bond acceptors (Lipinski definition) is 0. The molecule has 2 aliphatic carbocycles. The van der Waals surface area contributed by atoms with E-state index < -0.39 is 21.3 Å². The molecule has 0 atom stereocenters. The Bertz CT molecular complexity index is 2180. The minimum absolute atomic E-state index is 0. The topological polar surface area (TPSA) is 0 Å². The summed E-state index contributed by atoms with van der Waals surface area (Å²) in [5, 5.41) is 3.41. The van der Waals surface area contributed by atoms with E-state index in [1.165, 1.54) is 64.0 Å². The van der Waals surface area contributed by atoms with E-state index in [-0.39, 0.29) is 35.6 Å². The van der Waals surface area contributed by atoms with E-state index in [4.69, 9.17) is 11.6 Å². The predicted octanol–water partition coefficient (Wildman–Crippen LogP) is 5.64. The van der Waals surface area contributed by atoms with Crippen LogP contribution in [0.25, 0.3) is 21.9 Å². The minimum Gasteiger partial charge on any atom is -1.00 e. The summed E-state index contributed by atoms with van der Waals surface area (Å²) < 4.78 is 4.83. The van der Waals surface area contributed by atoms with Crippen LogP contribution in [0.5, 0.6) is 0 Å². The molecule has 0 saturated carbocycles. The fourth-order valence-corrected chi connectivity index (χ4v) is 16.8. The van der Waals surface area contributed by atoms with E-state index in [2.05, 4.69) is 152 Å². The Morgan fingerprint density at radius 1 is 0.735 bits per heavy atom. The third-order valence-electron chi connectivity index (χ3n) is 10.2. The molecule has 4 heteroatoms. The van der Waals surface area contributed by atoms with Gasteiger partial charge in [0.25, 0.3) is 0 Å². The van der Waals surface area contributed by atoms with E-state index >= 15 is 0 Å². The summed E-state index contributed by atoms with van der Waals surface area (Å²) >= 11 is 3.89. The first kappa shape index (κ1) is 37.7. The van der Waals surface area contributed by atoms with Crippen molar-refractivity contribution < 1.29 is 46.1 Å². The average Bonchev–Trinajstić information content (AvgIpc) is 3.66. The van der Waals surface area contributed by atoms with E-state index in [1.807, 2.05) is 6.07 Å². The molecule has 0 amide bonds. The third kappa shape index (κ3) is 6.91. The van der Waals surface area contributed by atoms with Gasteiger partial charge in [-0.15, -0.1) is 0 Å². The van der Waals surface area contributed by atoms with Crippen molar-refractivity contribution in [2.45, 2.75) is 79.1 Å². The first-order valence-corrected chi connectivity index (χ1v) is 21.1. The van der Waals surface area contributed by atoms with Crippen LogP contribution in [-0.4, -0.2) is 3.21 Å². The molecule has 0 unspecified atom stereocenters. The number of aryl methyl sites for hydroxylation is 1. The van der Waals surface area contributed by atoms with Crippen LogP contribution in [-0.2, 0) is 38.5 Å². The molecule has 0 nitrogen and oxygen atoms in total. The van der Waals surface area contributed by atoms with Gasteiger partial charge in [-0.2, -0.15) is 0 Å². The Morgan fingerprint density at radius 3 is 2.08 bits per heavy atom. The van der Waals surface area contributed by atoms with Gasteiger partial charge in [0.2, 0.25) is 0 Å². The van der Waals surface area contributed by atoms with Gasteiger partial charge in [-0.3, -0.25) is 0 Å². The number of fused-ring (bicyclic) bond motifs is 4. The molecule has 0 spiro atoms. The number of hydrogen-bond donors (Lipinski definition) is 0. The van der Waals surface area contributed by atoms with Crippen molar-refractivity contribution in [1.29, 1.82) is 0 Å². The molecular formula is C45H45Cl3Zr. The first-order chi connectivity index (χ1) is 22.3. The van der Waals surface area contributed by atoms with Crippen molar-refractivity contribution in [3.8, 4) is 11.1 Å².